The van der Waals surface area contributed by atoms with Gasteiger partial charge in [-0.05, 0) is 49.8 Å². The van der Waals surface area contributed by atoms with Crippen LogP contribution in [0.4, 0.5) is 10.1 Å². The van der Waals surface area contributed by atoms with Crippen LogP contribution in [0.1, 0.15) is 21.7 Å². The summed E-state index contributed by atoms with van der Waals surface area (Å²) in [6.45, 7) is 3.75. The number of hydrogen-bond donors (Lipinski definition) is 2. The standard InChI is InChI=1S/C19H15FN6OS2/c1-10-7-8-12(17-25-26-11(2)23-24-19(26)29-17)9-15(10)21-18(28)22-16(27)13-5-3-4-6-14(13)20/h3-9H,1-2H3,(H2,21,22,27,28). The lowest BCUT2D eigenvalue weighted by Crippen LogP contribution is -2.34. The Labute approximate surface area is 174 Å². The predicted molar refractivity (Wildman–Crippen MR) is 114 cm³/mol. The third-order valence-electron chi connectivity index (χ3n) is 4.23. The van der Waals surface area contributed by atoms with Crippen molar-refractivity contribution in [3.8, 4) is 10.6 Å². The van der Waals surface area contributed by atoms with Crippen LogP contribution in [0, 0.1) is 19.7 Å². The summed E-state index contributed by atoms with van der Waals surface area (Å²) in [6, 6.07) is 11.5. The summed E-state index contributed by atoms with van der Waals surface area (Å²) in [7, 11) is 0. The molecule has 29 heavy (non-hydrogen) atoms. The van der Waals surface area contributed by atoms with Crippen LogP contribution in [0.15, 0.2) is 42.5 Å². The van der Waals surface area contributed by atoms with Gasteiger partial charge in [-0.2, -0.15) is 9.61 Å². The van der Waals surface area contributed by atoms with E-state index in [1.807, 2.05) is 32.0 Å². The number of carbonyl (C=O) groups excluding carboxylic acids is 1. The molecule has 2 N–H and O–H groups in total. The van der Waals surface area contributed by atoms with E-state index in [0.29, 0.717) is 16.5 Å². The quantitative estimate of drug-likeness (QED) is 0.486. The lowest BCUT2D eigenvalue weighted by molar-refractivity contribution is 0.0974. The Balaban J connectivity index is 1.54. The number of halogens is 1. The fourth-order valence-corrected chi connectivity index (χ4v) is 3.77. The summed E-state index contributed by atoms with van der Waals surface area (Å²) in [5.41, 5.74) is 2.44. The number of carbonyl (C=O) groups is 1. The van der Waals surface area contributed by atoms with Gasteiger partial charge in [-0.25, -0.2) is 4.39 Å². The van der Waals surface area contributed by atoms with E-state index in [1.165, 1.54) is 29.5 Å². The molecule has 4 aromatic rings. The van der Waals surface area contributed by atoms with Crippen LogP contribution >= 0.6 is 23.6 Å². The highest BCUT2D eigenvalue weighted by atomic mass is 32.1. The molecule has 7 nitrogen and oxygen atoms in total. The number of aryl methyl sites for hydroxylation is 2. The van der Waals surface area contributed by atoms with Gasteiger partial charge in [0, 0.05) is 11.3 Å². The number of hydrogen-bond acceptors (Lipinski definition) is 6. The molecule has 0 spiro atoms. The molecular formula is C19H15FN6OS2. The lowest BCUT2D eigenvalue weighted by atomic mass is 10.1. The first-order valence-electron chi connectivity index (χ1n) is 8.59. The number of anilines is 1. The number of benzene rings is 2. The van der Waals surface area contributed by atoms with E-state index in [1.54, 1.807) is 10.6 Å². The van der Waals surface area contributed by atoms with Gasteiger partial charge in [0.2, 0.25) is 4.96 Å². The van der Waals surface area contributed by atoms with Gasteiger partial charge in [0.15, 0.2) is 10.9 Å². The van der Waals surface area contributed by atoms with Crippen LogP contribution in [0.5, 0.6) is 0 Å². The van der Waals surface area contributed by atoms with Gasteiger partial charge in [-0.15, -0.1) is 10.2 Å². The highest BCUT2D eigenvalue weighted by Gasteiger charge is 2.14. The average molecular weight is 427 g/mol. The smallest absolute Gasteiger partial charge is 0.260 e. The number of nitrogens with one attached hydrogen (secondary N) is 2. The van der Waals surface area contributed by atoms with Gasteiger partial charge in [0.25, 0.3) is 5.91 Å². The molecule has 0 aliphatic heterocycles. The minimum absolute atomic E-state index is 0.0720. The third kappa shape index (κ3) is 3.84. The van der Waals surface area contributed by atoms with Gasteiger partial charge in [0.05, 0.1) is 5.56 Å². The molecule has 2 heterocycles. The zero-order chi connectivity index (χ0) is 20.5. The highest BCUT2D eigenvalue weighted by molar-refractivity contribution is 7.80. The molecule has 0 radical (unpaired) electrons. The van der Waals surface area contributed by atoms with Gasteiger partial charge in [-0.3, -0.25) is 10.1 Å². The maximum absolute atomic E-state index is 13.8. The second-order valence-electron chi connectivity index (χ2n) is 6.27. The molecule has 146 valence electrons. The van der Waals surface area contributed by atoms with Crippen molar-refractivity contribution in [1.82, 2.24) is 25.1 Å². The molecule has 1 amide bonds. The largest absolute Gasteiger partial charge is 0.332 e. The number of amides is 1. The lowest BCUT2D eigenvalue weighted by Gasteiger charge is -2.13. The third-order valence-corrected chi connectivity index (χ3v) is 5.38. The maximum atomic E-state index is 13.8. The molecule has 0 aliphatic rings. The Morgan fingerprint density at radius 1 is 1.17 bits per heavy atom. The van der Waals surface area contributed by atoms with Crippen LogP contribution in [0.2, 0.25) is 0 Å². The summed E-state index contributed by atoms with van der Waals surface area (Å²) in [5, 5.41) is 18.9. The van der Waals surface area contributed by atoms with Gasteiger partial charge < -0.3 is 5.32 Å². The summed E-state index contributed by atoms with van der Waals surface area (Å²) < 4.78 is 15.5. The van der Waals surface area contributed by atoms with Crippen molar-refractivity contribution < 1.29 is 9.18 Å². The molecule has 0 aliphatic carbocycles. The Kier molecular flexibility index (Phi) is 5.03. The SMILES string of the molecule is Cc1ccc(-c2nn3c(C)nnc3s2)cc1NC(=S)NC(=O)c1ccccc1F. The van der Waals surface area contributed by atoms with Crippen molar-refractivity contribution in [3.63, 3.8) is 0 Å². The average Bonchev–Trinajstić information content (AvgIpc) is 3.26. The fourth-order valence-electron chi connectivity index (χ4n) is 2.69. The number of fused-ring (bicyclic) bond motifs is 1. The molecule has 0 fully saturated rings. The Morgan fingerprint density at radius 3 is 2.72 bits per heavy atom. The molecule has 0 bridgehead atoms. The van der Waals surface area contributed by atoms with Crippen molar-refractivity contribution in [1.29, 1.82) is 0 Å². The van der Waals surface area contributed by atoms with Crippen molar-refractivity contribution in [2.45, 2.75) is 13.8 Å². The van der Waals surface area contributed by atoms with Gasteiger partial charge >= 0.3 is 0 Å². The minimum atomic E-state index is -0.612. The number of aromatic nitrogens is 4. The summed E-state index contributed by atoms with van der Waals surface area (Å²) in [4.78, 5) is 12.9. The molecule has 0 saturated heterocycles. The van der Waals surface area contributed by atoms with E-state index in [-0.39, 0.29) is 10.7 Å². The monoisotopic (exact) mass is 426 g/mol. The highest BCUT2D eigenvalue weighted by Crippen LogP contribution is 2.29. The second-order valence-corrected chi connectivity index (χ2v) is 7.63. The van der Waals surface area contributed by atoms with E-state index in [4.69, 9.17) is 12.2 Å². The summed E-state index contributed by atoms with van der Waals surface area (Å²) in [6.07, 6.45) is 0. The molecule has 4 rings (SSSR count). The topological polar surface area (TPSA) is 84.2 Å². The van der Waals surface area contributed by atoms with Crippen LogP contribution < -0.4 is 10.6 Å². The maximum Gasteiger partial charge on any atom is 0.260 e. The van der Waals surface area contributed by atoms with Crippen molar-refractivity contribution >= 4 is 45.2 Å². The molecule has 0 unspecified atom stereocenters. The zero-order valence-electron chi connectivity index (χ0n) is 15.4. The number of nitrogens with zero attached hydrogens (tertiary/aromatic N) is 4. The molecule has 0 saturated carbocycles. The molecule has 2 aromatic carbocycles. The van der Waals surface area contributed by atoms with E-state index in [9.17, 15) is 9.18 Å². The molecule has 10 heteroatoms. The number of thiocarbonyl (C=S) groups is 1. The number of rotatable bonds is 3. The predicted octanol–water partition coefficient (Wildman–Crippen LogP) is 3.74. The van der Waals surface area contributed by atoms with Crippen LogP contribution in [-0.4, -0.2) is 30.8 Å². The zero-order valence-corrected chi connectivity index (χ0v) is 17.1. The Morgan fingerprint density at radius 2 is 1.97 bits per heavy atom. The van der Waals surface area contributed by atoms with Crippen LogP contribution in [-0.2, 0) is 0 Å². The van der Waals surface area contributed by atoms with Gasteiger partial charge in [0.1, 0.15) is 10.8 Å². The van der Waals surface area contributed by atoms with E-state index < -0.39 is 11.7 Å². The first-order valence-corrected chi connectivity index (χ1v) is 9.81. The van der Waals surface area contributed by atoms with Crippen molar-refractivity contribution in [2.75, 3.05) is 5.32 Å². The summed E-state index contributed by atoms with van der Waals surface area (Å²) >= 11 is 6.65. The Bertz CT molecular complexity index is 1250. The van der Waals surface area contributed by atoms with Gasteiger partial charge in [-0.1, -0.05) is 35.6 Å². The van der Waals surface area contributed by atoms with E-state index in [2.05, 4.69) is 25.9 Å². The first kappa shape index (κ1) is 19.1. The first-order chi connectivity index (χ1) is 13.9. The van der Waals surface area contributed by atoms with Crippen LogP contribution in [0.25, 0.3) is 15.5 Å². The second kappa shape index (κ2) is 7.64. The van der Waals surface area contributed by atoms with E-state index >= 15 is 0 Å². The molecule has 0 atom stereocenters. The normalized spacial score (nSPS) is 10.9. The summed E-state index contributed by atoms with van der Waals surface area (Å²) in [5.74, 6) is -0.506. The molecule has 2 aromatic heterocycles. The molecular weight excluding hydrogens is 411 g/mol. The van der Waals surface area contributed by atoms with Crippen molar-refractivity contribution in [3.05, 3.63) is 65.2 Å². The van der Waals surface area contributed by atoms with E-state index in [0.717, 1.165) is 16.1 Å². The van der Waals surface area contributed by atoms with Crippen LogP contribution in [0.3, 0.4) is 0 Å². The fraction of sp³-hybridized carbons (Fsp3) is 0.105. The minimum Gasteiger partial charge on any atom is -0.332 e. The Hall–Kier alpha value is -3.24. The van der Waals surface area contributed by atoms with Crippen molar-refractivity contribution in [2.24, 2.45) is 0 Å².